The SMILES string of the molecule is CCc1cc2sc3cc(C)sc3c2s1. The van der Waals surface area contributed by atoms with Crippen molar-refractivity contribution >= 4 is 52.8 Å². The van der Waals surface area contributed by atoms with E-state index in [2.05, 4.69) is 26.0 Å². The lowest BCUT2D eigenvalue weighted by atomic mass is 10.4. The highest BCUT2D eigenvalue weighted by molar-refractivity contribution is 7.38. The van der Waals surface area contributed by atoms with E-state index in [1.165, 1.54) is 28.6 Å². The second-order valence-electron chi connectivity index (χ2n) is 3.41. The molecule has 14 heavy (non-hydrogen) atoms. The summed E-state index contributed by atoms with van der Waals surface area (Å²) in [6.45, 7) is 4.42. The number of hydrogen-bond donors (Lipinski definition) is 0. The number of thiophene rings is 3. The van der Waals surface area contributed by atoms with E-state index < -0.39 is 0 Å². The minimum absolute atomic E-state index is 1.16. The molecule has 3 aromatic heterocycles. The van der Waals surface area contributed by atoms with Crippen molar-refractivity contribution in [2.45, 2.75) is 20.3 Å². The topological polar surface area (TPSA) is 0 Å². The van der Waals surface area contributed by atoms with Crippen LogP contribution in [0.3, 0.4) is 0 Å². The van der Waals surface area contributed by atoms with Crippen LogP contribution in [0.4, 0.5) is 0 Å². The van der Waals surface area contributed by atoms with Crippen LogP contribution in [0.1, 0.15) is 16.7 Å². The molecule has 3 heteroatoms. The fourth-order valence-corrected chi connectivity index (χ4v) is 5.57. The van der Waals surface area contributed by atoms with Crippen molar-refractivity contribution in [1.82, 2.24) is 0 Å². The summed E-state index contributed by atoms with van der Waals surface area (Å²) in [5.41, 5.74) is 0. The van der Waals surface area contributed by atoms with Crippen LogP contribution in [0.15, 0.2) is 12.1 Å². The van der Waals surface area contributed by atoms with Gasteiger partial charge in [0.15, 0.2) is 0 Å². The summed E-state index contributed by atoms with van der Waals surface area (Å²) in [7, 11) is 0. The van der Waals surface area contributed by atoms with Crippen LogP contribution in [0.25, 0.3) is 18.8 Å². The monoisotopic (exact) mass is 238 g/mol. The van der Waals surface area contributed by atoms with Crippen LogP contribution >= 0.6 is 34.0 Å². The van der Waals surface area contributed by atoms with Gasteiger partial charge in [-0.2, -0.15) is 0 Å². The molecule has 72 valence electrons. The summed E-state index contributed by atoms with van der Waals surface area (Å²) in [5, 5.41) is 0. The van der Waals surface area contributed by atoms with Crippen molar-refractivity contribution in [3.63, 3.8) is 0 Å². The Kier molecular flexibility index (Phi) is 1.94. The van der Waals surface area contributed by atoms with Gasteiger partial charge in [0.1, 0.15) is 0 Å². The maximum Gasteiger partial charge on any atom is 0.0632 e. The molecule has 0 fully saturated rings. The van der Waals surface area contributed by atoms with Gasteiger partial charge < -0.3 is 0 Å². The van der Waals surface area contributed by atoms with Crippen LogP contribution in [0.5, 0.6) is 0 Å². The van der Waals surface area contributed by atoms with Crippen molar-refractivity contribution < 1.29 is 0 Å². The third-order valence-electron chi connectivity index (χ3n) is 2.34. The summed E-state index contributed by atoms with van der Waals surface area (Å²) in [6.07, 6.45) is 1.16. The van der Waals surface area contributed by atoms with E-state index in [9.17, 15) is 0 Å². The molecular weight excluding hydrogens is 228 g/mol. The highest BCUT2D eigenvalue weighted by atomic mass is 32.1. The molecule has 0 unspecified atom stereocenters. The second-order valence-corrected chi connectivity index (χ2v) is 6.89. The molecule has 0 nitrogen and oxygen atoms in total. The van der Waals surface area contributed by atoms with Gasteiger partial charge in [-0.1, -0.05) is 6.92 Å². The molecule has 0 radical (unpaired) electrons. The van der Waals surface area contributed by atoms with Crippen molar-refractivity contribution in [2.24, 2.45) is 0 Å². The van der Waals surface area contributed by atoms with Crippen molar-refractivity contribution in [3.8, 4) is 0 Å². The Morgan fingerprint density at radius 1 is 1.00 bits per heavy atom. The lowest BCUT2D eigenvalue weighted by Gasteiger charge is -1.82. The maximum atomic E-state index is 2.35. The number of fused-ring (bicyclic) bond motifs is 3. The minimum atomic E-state index is 1.16. The molecule has 0 amide bonds. The average molecular weight is 238 g/mol. The molecule has 0 spiro atoms. The molecule has 0 aromatic carbocycles. The minimum Gasteiger partial charge on any atom is -0.138 e. The normalized spacial score (nSPS) is 11.9. The first-order valence-electron chi connectivity index (χ1n) is 4.69. The Labute approximate surface area is 94.8 Å². The predicted molar refractivity (Wildman–Crippen MR) is 69.2 cm³/mol. The van der Waals surface area contributed by atoms with Crippen LogP contribution < -0.4 is 0 Å². The smallest absolute Gasteiger partial charge is 0.0632 e. The summed E-state index contributed by atoms with van der Waals surface area (Å²) >= 11 is 5.84. The largest absolute Gasteiger partial charge is 0.138 e. The Balaban J connectivity index is 2.42. The van der Waals surface area contributed by atoms with Crippen LogP contribution in [-0.4, -0.2) is 0 Å². The van der Waals surface area contributed by atoms with Crippen molar-refractivity contribution in [3.05, 3.63) is 21.9 Å². The molecule has 0 aliphatic carbocycles. The summed E-state index contributed by atoms with van der Waals surface area (Å²) in [6, 6.07) is 4.66. The Bertz CT molecular complexity index is 594. The maximum absolute atomic E-state index is 2.35. The molecule has 3 aromatic rings. The van der Waals surface area contributed by atoms with Gasteiger partial charge in [-0.25, -0.2) is 0 Å². The molecule has 0 bridgehead atoms. The van der Waals surface area contributed by atoms with E-state index in [1.54, 1.807) is 0 Å². The van der Waals surface area contributed by atoms with Crippen molar-refractivity contribution in [1.29, 1.82) is 0 Å². The molecule has 0 atom stereocenters. The van der Waals surface area contributed by atoms with Crippen LogP contribution in [0, 0.1) is 6.92 Å². The second kappa shape index (κ2) is 3.05. The zero-order chi connectivity index (χ0) is 9.71. The molecule has 0 saturated heterocycles. The van der Waals surface area contributed by atoms with Gasteiger partial charge in [0.05, 0.1) is 9.40 Å². The summed E-state index contributed by atoms with van der Waals surface area (Å²) in [4.78, 5) is 2.94. The first kappa shape index (κ1) is 8.89. The lowest BCUT2D eigenvalue weighted by Crippen LogP contribution is -1.64. The molecule has 0 saturated carbocycles. The zero-order valence-electron chi connectivity index (χ0n) is 8.09. The lowest BCUT2D eigenvalue weighted by molar-refractivity contribution is 1.19. The number of aryl methyl sites for hydroxylation is 2. The van der Waals surface area contributed by atoms with E-state index in [0.29, 0.717) is 0 Å². The van der Waals surface area contributed by atoms with Gasteiger partial charge in [-0.05, 0) is 25.5 Å². The third kappa shape index (κ3) is 1.16. The van der Waals surface area contributed by atoms with Gasteiger partial charge >= 0.3 is 0 Å². The quantitative estimate of drug-likeness (QED) is 0.556. The Morgan fingerprint density at radius 2 is 1.71 bits per heavy atom. The van der Waals surface area contributed by atoms with Crippen molar-refractivity contribution in [2.75, 3.05) is 0 Å². The summed E-state index contributed by atoms with van der Waals surface area (Å²) in [5.74, 6) is 0. The Hall–Kier alpha value is -0.380. The molecule has 3 rings (SSSR count). The molecule has 3 heterocycles. The van der Waals surface area contributed by atoms with Gasteiger partial charge in [0.25, 0.3) is 0 Å². The Morgan fingerprint density at radius 3 is 2.50 bits per heavy atom. The highest BCUT2D eigenvalue weighted by Gasteiger charge is 2.10. The average Bonchev–Trinajstić information content (AvgIpc) is 2.74. The molecule has 0 N–H and O–H groups in total. The fraction of sp³-hybridized carbons (Fsp3) is 0.273. The zero-order valence-corrected chi connectivity index (χ0v) is 10.5. The van der Waals surface area contributed by atoms with Gasteiger partial charge in [0, 0.05) is 19.2 Å². The molecule has 0 aliphatic heterocycles. The summed E-state index contributed by atoms with van der Waals surface area (Å²) < 4.78 is 5.97. The van der Waals surface area contributed by atoms with Gasteiger partial charge in [-0.3, -0.25) is 0 Å². The number of rotatable bonds is 1. The molecular formula is C11H10S3. The highest BCUT2D eigenvalue weighted by Crippen LogP contribution is 2.43. The van der Waals surface area contributed by atoms with E-state index in [4.69, 9.17) is 0 Å². The first-order valence-corrected chi connectivity index (χ1v) is 7.14. The third-order valence-corrected chi connectivity index (χ3v) is 6.18. The van der Waals surface area contributed by atoms with Crippen LogP contribution in [-0.2, 0) is 6.42 Å². The van der Waals surface area contributed by atoms with E-state index in [1.807, 2.05) is 34.0 Å². The standard InChI is InChI=1S/C11H10S3/c1-3-7-5-9-11(13-7)10-8(14-9)4-6(2)12-10/h4-5H,3H2,1-2H3. The van der Waals surface area contributed by atoms with E-state index in [-0.39, 0.29) is 0 Å². The van der Waals surface area contributed by atoms with Gasteiger partial charge in [-0.15, -0.1) is 34.0 Å². The number of hydrogen-bond acceptors (Lipinski definition) is 3. The first-order chi connectivity index (χ1) is 6.78. The fourth-order valence-electron chi connectivity index (χ4n) is 1.67. The predicted octanol–water partition coefficient (Wildman–Crippen LogP) is 5.05. The van der Waals surface area contributed by atoms with E-state index >= 15 is 0 Å². The molecule has 0 aliphatic rings. The van der Waals surface area contributed by atoms with Crippen LogP contribution in [0.2, 0.25) is 0 Å². The van der Waals surface area contributed by atoms with E-state index in [0.717, 1.165) is 6.42 Å². The van der Waals surface area contributed by atoms with Gasteiger partial charge in [0.2, 0.25) is 0 Å².